The van der Waals surface area contributed by atoms with Gasteiger partial charge in [-0.05, 0) is 0 Å². The SMILES string of the molecule is [Li+].[Mn].[OH-].[OH-].[O]=[Mn][OH]. The van der Waals surface area contributed by atoms with Crippen LogP contribution in [-0.2, 0) is 36.1 Å². The Kier molecular flexibility index (Phi) is 315. The third-order valence-electron chi connectivity index (χ3n) is 0. The van der Waals surface area contributed by atoms with Crippen molar-refractivity contribution in [3.05, 3.63) is 0 Å². The molecular formula is H3LiMn2O4-. The summed E-state index contributed by atoms with van der Waals surface area (Å²) in [7, 11) is 0. The fourth-order valence-electron chi connectivity index (χ4n) is 0. The molecule has 0 saturated heterocycles. The molecule has 0 atom stereocenters. The van der Waals surface area contributed by atoms with Crippen molar-refractivity contribution in [1.29, 1.82) is 0 Å². The first-order chi connectivity index (χ1) is 1.41. The van der Waals surface area contributed by atoms with Crippen molar-refractivity contribution in [1.82, 2.24) is 0 Å². The maximum atomic E-state index is 8.52. The molecule has 7 heteroatoms. The van der Waals surface area contributed by atoms with E-state index in [2.05, 4.69) is 0 Å². The van der Waals surface area contributed by atoms with Gasteiger partial charge in [0.05, 0.1) is 0 Å². The van der Waals surface area contributed by atoms with E-state index >= 15 is 0 Å². The zero-order valence-electron chi connectivity index (χ0n) is 3.51. The summed E-state index contributed by atoms with van der Waals surface area (Å²) in [6.07, 6.45) is 0. The summed E-state index contributed by atoms with van der Waals surface area (Å²) in [4.78, 5) is 0. The van der Waals surface area contributed by atoms with Crippen LogP contribution in [0.5, 0.6) is 0 Å². The van der Waals surface area contributed by atoms with Crippen LogP contribution in [0, 0.1) is 0 Å². The number of rotatable bonds is 0. The average molecular weight is 184 g/mol. The van der Waals surface area contributed by atoms with Gasteiger partial charge in [-0.1, -0.05) is 0 Å². The van der Waals surface area contributed by atoms with Crippen molar-refractivity contribution < 1.29 is 70.1 Å². The molecule has 0 aromatic rings. The monoisotopic (exact) mass is 184 g/mol. The van der Waals surface area contributed by atoms with Gasteiger partial charge in [0.25, 0.3) is 0 Å². The second-order valence-electron chi connectivity index (χ2n) is 0.0690. The van der Waals surface area contributed by atoms with Gasteiger partial charge in [-0.25, -0.2) is 0 Å². The predicted molar refractivity (Wildman–Crippen MR) is 6.78 cm³/mol. The first kappa shape index (κ1) is 40.5. The summed E-state index contributed by atoms with van der Waals surface area (Å²) in [6, 6.07) is 0. The number of hydrogen-bond donors (Lipinski definition) is 1. The van der Waals surface area contributed by atoms with E-state index in [1.165, 1.54) is 0 Å². The van der Waals surface area contributed by atoms with Gasteiger partial charge in [-0.3, -0.25) is 0 Å². The summed E-state index contributed by atoms with van der Waals surface area (Å²) in [5.74, 6) is 0. The van der Waals surface area contributed by atoms with E-state index in [0.717, 1.165) is 0 Å². The molecule has 43 valence electrons. The molecule has 0 aromatic carbocycles. The molecule has 0 unspecified atom stereocenters. The van der Waals surface area contributed by atoms with Crippen LogP contribution in [0.2, 0.25) is 0 Å². The molecule has 0 heterocycles. The molecule has 0 aliphatic carbocycles. The number of hydrogen-bond acceptors (Lipinski definition) is 3. The fraction of sp³-hybridized carbons (Fsp3) is 0. The van der Waals surface area contributed by atoms with Crippen LogP contribution in [0.4, 0.5) is 0 Å². The third kappa shape index (κ3) is 119. The standard InChI is InChI=1S/Li.2Mn.3H2O.O/h;;;3*1H2;/q+1;;+1;;;;/p-3. The molecule has 0 amide bonds. The first-order valence-corrected chi connectivity index (χ1v) is 1.33. The molecule has 7 heavy (non-hydrogen) atoms. The van der Waals surface area contributed by atoms with E-state index in [1.54, 1.807) is 0 Å². The van der Waals surface area contributed by atoms with Crippen LogP contribution < -0.4 is 18.9 Å². The van der Waals surface area contributed by atoms with Gasteiger partial charge in [-0.15, -0.1) is 0 Å². The van der Waals surface area contributed by atoms with Crippen molar-refractivity contribution >= 4 is 0 Å². The molecule has 0 spiro atoms. The Balaban J connectivity index is -0.00000000333. The maximum absolute atomic E-state index is 8.52. The zero-order valence-corrected chi connectivity index (χ0v) is 5.87. The molecule has 0 aliphatic rings. The molecule has 0 aliphatic heterocycles. The molecule has 0 rings (SSSR count). The van der Waals surface area contributed by atoms with E-state index < -0.39 is 15.2 Å². The quantitative estimate of drug-likeness (QED) is 0.387. The summed E-state index contributed by atoms with van der Waals surface area (Å²) in [6.45, 7) is 0. The van der Waals surface area contributed by atoms with Gasteiger partial charge in [0.1, 0.15) is 0 Å². The van der Waals surface area contributed by atoms with E-state index in [-0.39, 0.29) is 46.9 Å². The van der Waals surface area contributed by atoms with Crippen molar-refractivity contribution in [3.8, 4) is 0 Å². The van der Waals surface area contributed by atoms with Gasteiger partial charge in [-0.2, -0.15) is 0 Å². The van der Waals surface area contributed by atoms with Crippen molar-refractivity contribution in [2.45, 2.75) is 0 Å². The minimum absolute atomic E-state index is 0. The Morgan fingerprint density at radius 3 is 1.29 bits per heavy atom. The predicted octanol–water partition coefficient (Wildman–Crippen LogP) is -4.03. The van der Waals surface area contributed by atoms with E-state index in [1.807, 2.05) is 0 Å². The molecule has 3 N–H and O–H groups in total. The van der Waals surface area contributed by atoms with Crippen LogP contribution in [0.1, 0.15) is 0 Å². The molecule has 0 aromatic heterocycles. The Bertz CT molecular complexity index is 17.2. The average Bonchev–Trinajstić information content (AvgIpc) is 0.918. The van der Waals surface area contributed by atoms with Crippen molar-refractivity contribution in [2.24, 2.45) is 0 Å². The van der Waals surface area contributed by atoms with Gasteiger partial charge >= 0.3 is 42.1 Å². The molecule has 0 fully saturated rings. The third-order valence-corrected chi connectivity index (χ3v) is 0. The Labute approximate surface area is 70.0 Å². The van der Waals surface area contributed by atoms with Gasteiger partial charge in [0.15, 0.2) is 0 Å². The summed E-state index contributed by atoms with van der Waals surface area (Å²) in [5, 5.41) is 0. The molecule has 1 radical (unpaired) electrons. The topological polar surface area (TPSA) is 97.3 Å². The molecular weight excluding hydrogens is 181 g/mol. The van der Waals surface area contributed by atoms with Gasteiger partial charge in [0.2, 0.25) is 0 Å². The van der Waals surface area contributed by atoms with E-state index in [9.17, 15) is 0 Å². The van der Waals surface area contributed by atoms with Crippen molar-refractivity contribution in [3.63, 3.8) is 0 Å². The second kappa shape index (κ2) is 54.4. The Morgan fingerprint density at radius 1 is 1.29 bits per heavy atom. The molecule has 4 nitrogen and oxygen atoms in total. The van der Waals surface area contributed by atoms with Crippen LogP contribution >= 0.6 is 0 Å². The molecule has 0 saturated carbocycles. The van der Waals surface area contributed by atoms with Gasteiger partial charge in [0, 0.05) is 17.1 Å². The first-order valence-electron chi connectivity index (χ1n) is 0.323. The van der Waals surface area contributed by atoms with E-state index in [0.29, 0.717) is 0 Å². The van der Waals surface area contributed by atoms with Crippen LogP contribution in [0.15, 0.2) is 0 Å². The van der Waals surface area contributed by atoms with Crippen LogP contribution in [-0.4, -0.2) is 15.1 Å². The second-order valence-corrected chi connectivity index (χ2v) is 0.285. The Morgan fingerprint density at radius 2 is 1.29 bits per heavy atom. The normalized spacial score (nSPS) is 2.43. The van der Waals surface area contributed by atoms with Crippen LogP contribution in [0.3, 0.4) is 0 Å². The van der Waals surface area contributed by atoms with E-state index in [4.69, 9.17) is 8.02 Å². The summed E-state index contributed by atoms with van der Waals surface area (Å²) < 4.78 is 15.6. The zero-order chi connectivity index (χ0) is 2.71. The minimum atomic E-state index is -1.19. The van der Waals surface area contributed by atoms with Gasteiger partial charge < -0.3 is 11.0 Å². The molecule has 0 bridgehead atoms. The fourth-order valence-corrected chi connectivity index (χ4v) is 0. The van der Waals surface area contributed by atoms with Crippen molar-refractivity contribution in [2.75, 3.05) is 0 Å². The van der Waals surface area contributed by atoms with Crippen LogP contribution in [0.25, 0.3) is 0 Å². The summed E-state index contributed by atoms with van der Waals surface area (Å²) >= 11 is -1.19. The summed E-state index contributed by atoms with van der Waals surface area (Å²) in [5.41, 5.74) is 0. The Hall–Kier alpha value is 1.32.